The zero-order valence-corrected chi connectivity index (χ0v) is 19.4. The second-order valence-electron chi connectivity index (χ2n) is 8.32. The van der Waals surface area contributed by atoms with Crippen LogP contribution >= 0.6 is 22.6 Å². The van der Waals surface area contributed by atoms with Crippen LogP contribution < -0.4 is 0 Å². The number of rotatable bonds is 9. The summed E-state index contributed by atoms with van der Waals surface area (Å²) in [7, 11) is 0. The molecule has 30 heavy (non-hydrogen) atoms. The van der Waals surface area contributed by atoms with Gasteiger partial charge in [-0.25, -0.2) is 0 Å². The Balaban J connectivity index is 1.52. The molecule has 0 aliphatic heterocycles. The fourth-order valence-corrected chi connectivity index (χ4v) is 3.80. The maximum Gasteiger partial charge on any atom is 0.194 e. The Labute approximate surface area is 190 Å². The van der Waals surface area contributed by atoms with E-state index in [2.05, 4.69) is 0 Å². The number of carbonyl (C=O) groups excluding carboxylic acids is 2. The molecule has 6 heteroatoms. The van der Waals surface area contributed by atoms with Crippen LogP contribution in [0.3, 0.4) is 0 Å². The van der Waals surface area contributed by atoms with Gasteiger partial charge in [-0.05, 0) is 36.8 Å². The summed E-state index contributed by atoms with van der Waals surface area (Å²) in [6.07, 6.45) is 1.40. The lowest BCUT2D eigenvalue weighted by Gasteiger charge is -2.42. The molecule has 0 heterocycles. The van der Waals surface area contributed by atoms with Crippen LogP contribution in [-0.4, -0.2) is 37.4 Å². The lowest BCUT2D eigenvalue weighted by atomic mass is 9.67. The van der Waals surface area contributed by atoms with Crippen molar-refractivity contribution >= 4 is 34.2 Å². The Hall–Kier alpha value is -1.61. The highest BCUT2D eigenvalue weighted by Gasteiger charge is 2.48. The molecule has 1 saturated carbocycles. The zero-order chi connectivity index (χ0) is 21.9. The SMILES string of the molecule is CC1CCC1(O)C(=O)c1ccc(COCc2ccc(C(=O)C(C)(O)CI)cc2)cc1. The van der Waals surface area contributed by atoms with Crippen molar-refractivity contribution in [1.82, 2.24) is 0 Å². The second-order valence-corrected chi connectivity index (χ2v) is 9.08. The second kappa shape index (κ2) is 9.26. The number of carbonyl (C=O) groups is 2. The molecule has 0 bridgehead atoms. The molecule has 160 valence electrons. The third-order valence-electron chi connectivity index (χ3n) is 5.89. The predicted octanol–water partition coefficient (Wildman–Crippen LogP) is 4.12. The number of benzene rings is 2. The average molecular weight is 522 g/mol. The normalized spacial score (nSPS) is 22.8. The van der Waals surface area contributed by atoms with Crippen LogP contribution in [0, 0.1) is 5.92 Å². The Bertz CT molecular complexity index is 904. The molecule has 0 aromatic heterocycles. The van der Waals surface area contributed by atoms with Crippen LogP contribution in [0.25, 0.3) is 0 Å². The van der Waals surface area contributed by atoms with E-state index < -0.39 is 11.2 Å². The van der Waals surface area contributed by atoms with E-state index in [4.69, 9.17) is 4.74 Å². The lowest BCUT2D eigenvalue weighted by molar-refractivity contribution is -0.0555. The van der Waals surface area contributed by atoms with Gasteiger partial charge < -0.3 is 14.9 Å². The Morgan fingerprint density at radius 2 is 1.57 bits per heavy atom. The third-order valence-corrected chi connectivity index (χ3v) is 7.37. The number of aliphatic hydroxyl groups is 2. The minimum absolute atomic E-state index is 0.00221. The number of Topliss-reactive ketones (excluding diaryl/α,β-unsaturated/α-hetero) is 2. The fraction of sp³-hybridized carbons (Fsp3) is 0.417. The average Bonchev–Trinajstić information content (AvgIpc) is 2.77. The number of alkyl halides is 1. The number of ether oxygens (including phenoxy) is 1. The molecule has 2 aromatic carbocycles. The summed E-state index contributed by atoms with van der Waals surface area (Å²) in [6, 6.07) is 14.2. The van der Waals surface area contributed by atoms with Crippen molar-refractivity contribution in [2.75, 3.05) is 4.43 Å². The standard InChI is InChI=1S/C24H27IO5/c1-16-11-12-24(16,29)22(27)20-9-5-18(6-10-20)14-30-13-17-3-7-19(8-4-17)21(26)23(2,28)15-25/h3-10,16,28-29H,11-15H2,1-2H3. The fourth-order valence-electron chi connectivity index (χ4n) is 3.46. The highest BCUT2D eigenvalue weighted by Crippen LogP contribution is 2.40. The van der Waals surface area contributed by atoms with E-state index in [1.54, 1.807) is 24.3 Å². The Kier molecular flexibility index (Phi) is 7.12. The van der Waals surface area contributed by atoms with Gasteiger partial charge in [-0.1, -0.05) is 78.0 Å². The van der Waals surface area contributed by atoms with Gasteiger partial charge in [-0.2, -0.15) is 0 Å². The molecule has 2 aromatic rings. The van der Waals surface area contributed by atoms with Gasteiger partial charge in [0.05, 0.1) is 13.2 Å². The molecule has 3 unspecified atom stereocenters. The van der Waals surface area contributed by atoms with Crippen molar-refractivity contribution in [3.63, 3.8) is 0 Å². The molecule has 5 nitrogen and oxygen atoms in total. The van der Waals surface area contributed by atoms with E-state index >= 15 is 0 Å². The monoisotopic (exact) mass is 522 g/mol. The van der Waals surface area contributed by atoms with Crippen LogP contribution in [0.2, 0.25) is 0 Å². The van der Waals surface area contributed by atoms with Crippen molar-refractivity contribution < 1.29 is 24.5 Å². The van der Waals surface area contributed by atoms with Gasteiger partial charge >= 0.3 is 0 Å². The quantitative estimate of drug-likeness (QED) is 0.294. The molecular weight excluding hydrogens is 495 g/mol. The highest BCUT2D eigenvalue weighted by atomic mass is 127. The number of ketones is 2. The van der Waals surface area contributed by atoms with E-state index in [1.807, 2.05) is 53.8 Å². The first-order valence-corrected chi connectivity index (χ1v) is 11.6. The molecular formula is C24H27IO5. The van der Waals surface area contributed by atoms with Gasteiger partial charge in [0.2, 0.25) is 0 Å². The molecule has 0 amide bonds. The first kappa shape index (κ1) is 23.1. The summed E-state index contributed by atoms with van der Waals surface area (Å²) < 4.78 is 6.07. The number of hydrogen-bond donors (Lipinski definition) is 2. The van der Waals surface area contributed by atoms with Crippen LogP contribution in [0.5, 0.6) is 0 Å². The van der Waals surface area contributed by atoms with E-state index in [0.29, 0.717) is 35.2 Å². The Morgan fingerprint density at radius 3 is 1.97 bits per heavy atom. The van der Waals surface area contributed by atoms with Crippen LogP contribution in [-0.2, 0) is 18.0 Å². The molecule has 1 fully saturated rings. The molecule has 0 radical (unpaired) electrons. The summed E-state index contributed by atoms with van der Waals surface area (Å²) in [5, 5.41) is 20.5. The topological polar surface area (TPSA) is 83.8 Å². The lowest BCUT2D eigenvalue weighted by Crippen LogP contribution is -2.52. The van der Waals surface area contributed by atoms with Gasteiger partial charge in [-0.3, -0.25) is 9.59 Å². The van der Waals surface area contributed by atoms with E-state index in [-0.39, 0.29) is 17.5 Å². The largest absolute Gasteiger partial charge is 0.381 e. The van der Waals surface area contributed by atoms with E-state index in [0.717, 1.165) is 17.5 Å². The van der Waals surface area contributed by atoms with Crippen molar-refractivity contribution in [3.8, 4) is 0 Å². The van der Waals surface area contributed by atoms with Gasteiger partial charge in [-0.15, -0.1) is 0 Å². The molecule has 1 aliphatic carbocycles. The number of hydrogen-bond acceptors (Lipinski definition) is 5. The summed E-state index contributed by atoms with van der Waals surface area (Å²) in [4.78, 5) is 24.8. The minimum Gasteiger partial charge on any atom is -0.381 e. The summed E-state index contributed by atoms with van der Waals surface area (Å²) >= 11 is 2.00. The molecule has 0 saturated heterocycles. The van der Waals surface area contributed by atoms with Crippen LogP contribution in [0.4, 0.5) is 0 Å². The third kappa shape index (κ3) is 4.82. The van der Waals surface area contributed by atoms with Gasteiger partial charge in [0, 0.05) is 15.6 Å². The molecule has 0 spiro atoms. The van der Waals surface area contributed by atoms with Gasteiger partial charge in [0.15, 0.2) is 11.6 Å². The molecule has 1 aliphatic rings. The van der Waals surface area contributed by atoms with E-state index in [9.17, 15) is 19.8 Å². The van der Waals surface area contributed by atoms with Crippen LogP contribution in [0.1, 0.15) is 58.5 Å². The van der Waals surface area contributed by atoms with E-state index in [1.165, 1.54) is 6.92 Å². The minimum atomic E-state index is -1.36. The summed E-state index contributed by atoms with van der Waals surface area (Å²) in [6.45, 7) is 4.19. The smallest absolute Gasteiger partial charge is 0.194 e. The van der Waals surface area contributed by atoms with Crippen molar-refractivity contribution in [3.05, 3.63) is 70.8 Å². The molecule has 3 rings (SSSR count). The first-order chi connectivity index (χ1) is 14.2. The van der Waals surface area contributed by atoms with Gasteiger partial charge in [0.25, 0.3) is 0 Å². The van der Waals surface area contributed by atoms with Crippen molar-refractivity contribution in [2.45, 2.75) is 51.1 Å². The van der Waals surface area contributed by atoms with Crippen molar-refractivity contribution in [2.24, 2.45) is 5.92 Å². The highest BCUT2D eigenvalue weighted by molar-refractivity contribution is 14.1. The summed E-state index contributed by atoms with van der Waals surface area (Å²) in [5.74, 6) is -0.493. The molecule has 3 atom stereocenters. The summed E-state index contributed by atoms with van der Waals surface area (Å²) in [5.41, 5.74) is 0.283. The maximum absolute atomic E-state index is 12.5. The number of halogens is 1. The van der Waals surface area contributed by atoms with Crippen molar-refractivity contribution in [1.29, 1.82) is 0 Å². The maximum atomic E-state index is 12.5. The van der Waals surface area contributed by atoms with Crippen LogP contribution in [0.15, 0.2) is 48.5 Å². The Morgan fingerprint density at radius 1 is 1.07 bits per heavy atom. The molecule has 2 N–H and O–H groups in total. The van der Waals surface area contributed by atoms with Gasteiger partial charge in [0.1, 0.15) is 11.2 Å². The first-order valence-electron chi connectivity index (χ1n) is 10.0. The zero-order valence-electron chi connectivity index (χ0n) is 17.2. The predicted molar refractivity (Wildman–Crippen MR) is 123 cm³/mol.